The Bertz CT molecular complexity index is 247. The van der Waals surface area contributed by atoms with Crippen molar-refractivity contribution in [3.05, 3.63) is 0 Å². The summed E-state index contributed by atoms with van der Waals surface area (Å²) in [5, 5.41) is 0. The van der Waals surface area contributed by atoms with E-state index < -0.39 is 9.05 Å². The van der Waals surface area contributed by atoms with Gasteiger partial charge in [-0.2, -0.15) is 0 Å². The number of hydrogen-bond donors (Lipinski definition) is 0. The lowest BCUT2D eigenvalue weighted by molar-refractivity contribution is 0.0687. The van der Waals surface area contributed by atoms with Gasteiger partial charge in [-0.1, -0.05) is 6.42 Å². The number of rotatable bonds is 7. The standard InChI is InChI=1S/C9H17ClO3S/c10-14(11,12)7-2-1-6-13-8-9-4-3-5-9/h9H,1-8H2. The van der Waals surface area contributed by atoms with Gasteiger partial charge in [-0.05, 0) is 31.6 Å². The Kier molecular flexibility index (Phi) is 5.20. The van der Waals surface area contributed by atoms with E-state index in [-0.39, 0.29) is 5.75 Å². The predicted molar refractivity (Wildman–Crippen MR) is 57.0 cm³/mol. The second-order valence-electron chi connectivity index (χ2n) is 3.82. The van der Waals surface area contributed by atoms with E-state index in [1.54, 1.807) is 0 Å². The molecule has 0 amide bonds. The van der Waals surface area contributed by atoms with Gasteiger partial charge in [-0.15, -0.1) is 0 Å². The maximum Gasteiger partial charge on any atom is 0.232 e. The van der Waals surface area contributed by atoms with Gasteiger partial charge in [-0.25, -0.2) is 8.42 Å². The zero-order chi connectivity index (χ0) is 10.4. The Labute approximate surface area is 90.2 Å². The van der Waals surface area contributed by atoms with Gasteiger partial charge in [0, 0.05) is 23.9 Å². The van der Waals surface area contributed by atoms with Crippen molar-refractivity contribution in [2.24, 2.45) is 5.92 Å². The van der Waals surface area contributed by atoms with Crippen LogP contribution in [0.3, 0.4) is 0 Å². The van der Waals surface area contributed by atoms with Crippen molar-refractivity contribution in [3.63, 3.8) is 0 Å². The van der Waals surface area contributed by atoms with Gasteiger partial charge in [0.2, 0.25) is 9.05 Å². The lowest BCUT2D eigenvalue weighted by atomic mass is 9.86. The topological polar surface area (TPSA) is 43.4 Å². The number of unbranched alkanes of at least 4 members (excludes halogenated alkanes) is 1. The molecule has 5 heteroatoms. The van der Waals surface area contributed by atoms with Gasteiger partial charge in [0.05, 0.1) is 5.75 Å². The summed E-state index contributed by atoms with van der Waals surface area (Å²) in [5.74, 6) is 0.813. The number of halogens is 1. The van der Waals surface area contributed by atoms with Gasteiger partial charge in [0.1, 0.15) is 0 Å². The molecule has 0 N–H and O–H groups in total. The van der Waals surface area contributed by atoms with E-state index >= 15 is 0 Å². The third-order valence-corrected chi connectivity index (χ3v) is 3.74. The summed E-state index contributed by atoms with van der Waals surface area (Å²) >= 11 is 0. The second kappa shape index (κ2) is 5.93. The van der Waals surface area contributed by atoms with Crippen LogP contribution in [-0.2, 0) is 13.8 Å². The van der Waals surface area contributed by atoms with Crippen LogP contribution in [0, 0.1) is 5.92 Å². The Hall–Kier alpha value is 0.200. The number of ether oxygens (including phenoxy) is 1. The van der Waals surface area contributed by atoms with E-state index in [1.165, 1.54) is 19.3 Å². The second-order valence-corrected chi connectivity index (χ2v) is 6.72. The lowest BCUT2D eigenvalue weighted by Gasteiger charge is -2.24. The molecule has 1 aliphatic carbocycles. The van der Waals surface area contributed by atoms with Gasteiger partial charge in [0.25, 0.3) is 0 Å². The van der Waals surface area contributed by atoms with Crippen LogP contribution in [0.25, 0.3) is 0 Å². The quantitative estimate of drug-likeness (QED) is 0.506. The summed E-state index contributed by atoms with van der Waals surface area (Å²) in [4.78, 5) is 0. The van der Waals surface area contributed by atoms with E-state index in [4.69, 9.17) is 15.4 Å². The van der Waals surface area contributed by atoms with Crippen molar-refractivity contribution in [2.45, 2.75) is 32.1 Å². The Morgan fingerprint density at radius 3 is 2.50 bits per heavy atom. The molecule has 84 valence electrons. The minimum atomic E-state index is -3.30. The molecule has 1 rings (SSSR count). The molecule has 0 saturated heterocycles. The molecule has 14 heavy (non-hydrogen) atoms. The van der Waals surface area contributed by atoms with E-state index in [1.807, 2.05) is 0 Å². The molecule has 0 aliphatic heterocycles. The summed E-state index contributed by atoms with van der Waals surface area (Å²) in [6.07, 6.45) is 5.28. The fourth-order valence-corrected chi connectivity index (χ4v) is 2.26. The van der Waals surface area contributed by atoms with E-state index in [9.17, 15) is 8.42 Å². The molecule has 0 atom stereocenters. The van der Waals surface area contributed by atoms with Crippen molar-refractivity contribution in [2.75, 3.05) is 19.0 Å². The summed E-state index contributed by atoms with van der Waals surface area (Å²) in [5.41, 5.74) is 0. The molecule has 0 aromatic rings. The first-order valence-corrected chi connectivity index (χ1v) is 7.56. The van der Waals surface area contributed by atoms with E-state index in [2.05, 4.69) is 0 Å². The third kappa shape index (κ3) is 5.83. The first-order chi connectivity index (χ1) is 6.58. The molecule has 0 aromatic carbocycles. The van der Waals surface area contributed by atoms with Gasteiger partial charge < -0.3 is 4.74 Å². The molecule has 0 bridgehead atoms. The van der Waals surface area contributed by atoms with Crippen molar-refractivity contribution in [1.29, 1.82) is 0 Å². The molecule has 0 heterocycles. The lowest BCUT2D eigenvalue weighted by Crippen LogP contribution is -2.17. The minimum Gasteiger partial charge on any atom is -0.381 e. The van der Waals surface area contributed by atoms with Crippen molar-refractivity contribution in [3.8, 4) is 0 Å². The summed E-state index contributed by atoms with van der Waals surface area (Å²) in [7, 11) is 1.75. The molecular weight excluding hydrogens is 224 g/mol. The van der Waals surface area contributed by atoms with E-state index in [0.29, 0.717) is 13.0 Å². The van der Waals surface area contributed by atoms with Crippen LogP contribution in [0.2, 0.25) is 0 Å². The molecular formula is C9H17ClO3S. The van der Waals surface area contributed by atoms with Crippen LogP contribution in [0.1, 0.15) is 32.1 Å². The zero-order valence-corrected chi connectivity index (χ0v) is 9.82. The van der Waals surface area contributed by atoms with Crippen LogP contribution >= 0.6 is 10.7 Å². The van der Waals surface area contributed by atoms with Gasteiger partial charge in [-0.3, -0.25) is 0 Å². The van der Waals surface area contributed by atoms with Crippen molar-refractivity contribution in [1.82, 2.24) is 0 Å². The molecule has 3 nitrogen and oxygen atoms in total. The highest BCUT2D eigenvalue weighted by Crippen LogP contribution is 2.26. The average molecular weight is 241 g/mol. The first-order valence-electron chi connectivity index (χ1n) is 5.08. The minimum absolute atomic E-state index is 0.0569. The molecule has 1 aliphatic rings. The third-order valence-electron chi connectivity index (χ3n) is 2.51. The fraction of sp³-hybridized carbons (Fsp3) is 1.00. The Morgan fingerprint density at radius 2 is 2.00 bits per heavy atom. The molecule has 0 radical (unpaired) electrons. The largest absolute Gasteiger partial charge is 0.381 e. The SMILES string of the molecule is O=S(=O)(Cl)CCCCOCC1CCC1. The normalized spacial score (nSPS) is 18.1. The van der Waals surface area contributed by atoms with Crippen LogP contribution < -0.4 is 0 Å². The highest BCUT2D eigenvalue weighted by Gasteiger charge is 2.16. The van der Waals surface area contributed by atoms with Crippen molar-refractivity contribution < 1.29 is 13.2 Å². The maximum atomic E-state index is 10.6. The average Bonchev–Trinajstić information content (AvgIpc) is 1.97. The fourth-order valence-electron chi connectivity index (χ4n) is 1.39. The molecule has 0 aromatic heterocycles. The molecule has 1 saturated carbocycles. The summed E-state index contributed by atoms with van der Waals surface area (Å²) < 4.78 is 26.5. The summed E-state index contributed by atoms with van der Waals surface area (Å²) in [6, 6.07) is 0. The van der Waals surface area contributed by atoms with Crippen LogP contribution in [-0.4, -0.2) is 27.4 Å². The molecule has 1 fully saturated rings. The monoisotopic (exact) mass is 240 g/mol. The van der Waals surface area contributed by atoms with Crippen molar-refractivity contribution >= 4 is 19.7 Å². The zero-order valence-electron chi connectivity index (χ0n) is 8.25. The van der Waals surface area contributed by atoms with Crippen LogP contribution in [0.4, 0.5) is 0 Å². The smallest absolute Gasteiger partial charge is 0.232 e. The molecule has 0 unspecified atom stereocenters. The van der Waals surface area contributed by atoms with Crippen LogP contribution in [0.15, 0.2) is 0 Å². The number of hydrogen-bond acceptors (Lipinski definition) is 3. The molecule has 0 spiro atoms. The summed E-state index contributed by atoms with van der Waals surface area (Å²) in [6.45, 7) is 1.50. The first kappa shape index (κ1) is 12.3. The predicted octanol–water partition coefficient (Wildman–Crippen LogP) is 2.15. The highest BCUT2D eigenvalue weighted by atomic mass is 35.7. The highest BCUT2D eigenvalue weighted by molar-refractivity contribution is 8.13. The van der Waals surface area contributed by atoms with E-state index in [0.717, 1.165) is 18.9 Å². The Morgan fingerprint density at radius 1 is 1.29 bits per heavy atom. The van der Waals surface area contributed by atoms with Crippen LogP contribution in [0.5, 0.6) is 0 Å². The Balaban J connectivity index is 1.84. The van der Waals surface area contributed by atoms with Gasteiger partial charge >= 0.3 is 0 Å². The maximum absolute atomic E-state index is 10.6. The van der Waals surface area contributed by atoms with Gasteiger partial charge in [0.15, 0.2) is 0 Å².